The zero-order chi connectivity index (χ0) is 13.7. The van der Waals surface area contributed by atoms with Crippen molar-refractivity contribution in [2.45, 2.75) is 26.4 Å². The predicted octanol–water partition coefficient (Wildman–Crippen LogP) is 2.48. The van der Waals surface area contributed by atoms with Gasteiger partial charge in [-0.2, -0.15) is 0 Å². The molecule has 2 aromatic rings. The Hall–Kier alpha value is -1.81. The Bertz CT molecular complexity index is 513. The fourth-order valence-electron chi connectivity index (χ4n) is 1.87. The molecule has 0 aromatic carbocycles. The molecule has 2 aromatic heterocycles. The van der Waals surface area contributed by atoms with Crippen molar-refractivity contribution in [3.63, 3.8) is 0 Å². The van der Waals surface area contributed by atoms with E-state index in [1.807, 2.05) is 54.9 Å². The van der Waals surface area contributed by atoms with Gasteiger partial charge in [-0.3, -0.25) is 4.79 Å². The molecule has 0 spiro atoms. The number of amides is 1. The molecule has 4 heteroatoms. The standard InChI is InChI=1S/C15H20N2O2/c1-12(2)19-9-5-7-16-15(18)13-10-14-6-3-4-8-17(14)11-13/h3-4,6,8,10-12H,5,7,9H2,1-2H3,(H,16,18). The monoisotopic (exact) mass is 260 g/mol. The molecule has 4 nitrogen and oxygen atoms in total. The molecule has 0 saturated carbocycles. The number of rotatable bonds is 6. The molecule has 0 unspecified atom stereocenters. The number of ether oxygens (including phenoxy) is 1. The minimum Gasteiger partial charge on any atom is -0.379 e. The van der Waals surface area contributed by atoms with Gasteiger partial charge in [-0.15, -0.1) is 0 Å². The molecule has 2 heterocycles. The maximum Gasteiger partial charge on any atom is 0.252 e. The number of aromatic nitrogens is 1. The Morgan fingerprint density at radius 1 is 1.42 bits per heavy atom. The highest BCUT2D eigenvalue weighted by Gasteiger charge is 2.07. The van der Waals surface area contributed by atoms with Gasteiger partial charge in [0.1, 0.15) is 0 Å². The highest BCUT2D eigenvalue weighted by molar-refractivity contribution is 5.95. The molecular formula is C15H20N2O2. The van der Waals surface area contributed by atoms with E-state index in [9.17, 15) is 4.79 Å². The third kappa shape index (κ3) is 3.83. The smallest absolute Gasteiger partial charge is 0.252 e. The van der Waals surface area contributed by atoms with Gasteiger partial charge in [0, 0.05) is 31.1 Å². The van der Waals surface area contributed by atoms with E-state index in [1.54, 1.807) is 0 Å². The van der Waals surface area contributed by atoms with Gasteiger partial charge >= 0.3 is 0 Å². The molecule has 0 aliphatic rings. The van der Waals surface area contributed by atoms with E-state index < -0.39 is 0 Å². The number of pyridine rings is 1. The molecule has 102 valence electrons. The maximum atomic E-state index is 11.9. The van der Waals surface area contributed by atoms with E-state index in [0.29, 0.717) is 18.7 Å². The first-order valence-electron chi connectivity index (χ1n) is 6.63. The normalized spacial score (nSPS) is 11.1. The number of carbonyl (C=O) groups is 1. The lowest BCUT2D eigenvalue weighted by Gasteiger charge is -2.07. The molecule has 0 bridgehead atoms. The summed E-state index contributed by atoms with van der Waals surface area (Å²) >= 11 is 0. The lowest BCUT2D eigenvalue weighted by atomic mass is 10.3. The van der Waals surface area contributed by atoms with Crippen molar-refractivity contribution < 1.29 is 9.53 Å². The van der Waals surface area contributed by atoms with Crippen LogP contribution in [0.3, 0.4) is 0 Å². The summed E-state index contributed by atoms with van der Waals surface area (Å²) in [7, 11) is 0. The summed E-state index contributed by atoms with van der Waals surface area (Å²) in [6, 6.07) is 7.77. The van der Waals surface area contributed by atoms with Crippen LogP contribution in [0.15, 0.2) is 36.7 Å². The quantitative estimate of drug-likeness (QED) is 0.811. The Morgan fingerprint density at radius 2 is 2.26 bits per heavy atom. The molecule has 0 fully saturated rings. The van der Waals surface area contributed by atoms with E-state index in [0.717, 1.165) is 11.9 Å². The van der Waals surface area contributed by atoms with Crippen LogP contribution < -0.4 is 5.32 Å². The van der Waals surface area contributed by atoms with Crippen LogP contribution in [0.1, 0.15) is 30.6 Å². The van der Waals surface area contributed by atoms with Gasteiger partial charge in [-0.25, -0.2) is 0 Å². The zero-order valence-corrected chi connectivity index (χ0v) is 11.4. The topological polar surface area (TPSA) is 42.7 Å². The molecule has 0 radical (unpaired) electrons. The molecule has 19 heavy (non-hydrogen) atoms. The van der Waals surface area contributed by atoms with Gasteiger partial charge in [0.15, 0.2) is 0 Å². The maximum absolute atomic E-state index is 11.9. The second-order valence-corrected chi connectivity index (χ2v) is 4.79. The Balaban J connectivity index is 1.83. The summed E-state index contributed by atoms with van der Waals surface area (Å²) < 4.78 is 7.36. The molecule has 2 rings (SSSR count). The van der Waals surface area contributed by atoms with E-state index in [4.69, 9.17) is 4.74 Å². The van der Waals surface area contributed by atoms with Crippen LogP contribution in [-0.2, 0) is 4.74 Å². The summed E-state index contributed by atoms with van der Waals surface area (Å²) in [5, 5.41) is 2.90. The van der Waals surface area contributed by atoms with Crippen LogP contribution in [0.2, 0.25) is 0 Å². The summed E-state index contributed by atoms with van der Waals surface area (Å²) in [6.45, 7) is 5.32. The van der Waals surface area contributed by atoms with Gasteiger partial charge in [-0.1, -0.05) is 6.07 Å². The van der Waals surface area contributed by atoms with Crippen molar-refractivity contribution in [2.24, 2.45) is 0 Å². The average molecular weight is 260 g/mol. The van der Waals surface area contributed by atoms with Crippen molar-refractivity contribution in [1.82, 2.24) is 9.72 Å². The van der Waals surface area contributed by atoms with Gasteiger partial charge in [-0.05, 0) is 38.5 Å². The largest absolute Gasteiger partial charge is 0.379 e. The van der Waals surface area contributed by atoms with Crippen molar-refractivity contribution in [3.8, 4) is 0 Å². The fraction of sp³-hybridized carbons (Fsp3) is 0.400. The van der Waals surface area contributed by atoms with Gasteiger partial charge in [0.05, 0.1) is 11.7 Å². The average Bonchev–Trinajstić information content (AvgIpc) is 2.81. The number of nitrogens with zero attached hydrogens (tertiary/aromatic N) is 1. The van der Waals surface area contributed by atoms with E-state index in [2.05, 4.69) is 5.32 Å². The van der Waals surface area contributed by atoms with E-state index >= 15 is 0 Å². The first-order valence-corrected chi connectivity index (χ1v) is 6.63. The molecule has 0 saturated heterocycles. The zero-order valence-electron chi connectivity index (χ0n) is 11.4. The number of carbonyl (C=O) groups excluding carboxylic acids is 1. The molecule has 0 aliphatic heterocycles. The predicted molar refractivity (Wildman–Crippen MR) is 75.4 cm³/mol. The lowest BCUT2D eigenvalue weighted by Crippen LogP contribution is -2.25. The Labute approximate surface area is 113 Å². The van der Waals surface area contributed by atoms with Gasteiger partial charge in [0.25, 0.3) is 5.91 Å². The van der Waals surface area contributed by atoms with Crippen LogP contribution in [-0.4, -0.2) is 29.6 Å². The van der Waals surface area contributed by atoms with Crippen molar-refractivity contribution in [2.75, 3.05) is 13.2 Å². The highest BCUT2D eigenvalue weighted by atomic mass is 16.5. The van der Waals surface area contributed by atoms with Crippen molar-refractivity contribution >= 4 is 11.4 Å². The third-order valence-electron chi connectivity index (χ3n) is 2.82. The van der Waals surface area contributed by atoms with Crippen molar-refractivity contribution in [3.05, 3.63) is 42.2 Å². The summed E-state index contributed by atoms with van der Waals surface area (Å²) in [4.78, 5) is 11.9. The highest BCUT2D eigenvalue weighted by Crippen LogP contribution is 2.09. The number of hydrogen-bond donors (Lipinski definition) is 1. The molecular weight excluding hydrogens is 240 g/mol. The Kier molecular flexibility index (Phi) is 4.58. The number of nitrogens with one attached hydrogen (secondary N) is 1. The van der Waals surface area contributed by atoms with Gasteiger partial charge < -0.3 is 14.5 Å². The van der Waals surface area contributed by atoms with Crippen LogP contribution in [0.5, 0.6) is 0 Å². The minimum absolute atomic E-state index is 0.0340. The SMILES string of the molecule is CC(C)OCCCNC(=O)c1cc2ccccn2c1. The summed E-state index contributed by atoms with van der Waals surface area (Å²) in [5.74, 6) is -0.0340. The Morgan fingerprint density at radius 3 is 3.00 bits per heavy atom. The number of fused-ring (bicyclic) bond motifs is 1. The van der Waals surface area contributed by atoms with Crippen LogP contribution in [0.25, 0.3) is 5.52 Å². The van der Waals surface area contributed by atoms with Crippen LogP contribution >= 0.6 is 0 Å². The second-order valence-electron chi connectivity index (χ2n) is 4.79. The molecule has 1 N–H and O–H groups in total. The summed E-state index contributed by atoms with van der Waals surface area (Å²) in [5.41, 5.74) is 1.71. The first-order chi connectivity index (χ1) is 9.16. The molecule has 0 aliphatic carbocycles. The lowest BCUT2D eigenvalue weighted by molar-refractivity contribution is 0.0757. The molecule has 0 atom stereocenters. The van der Waals surface area contributed by atoms with E-state index in [-0.39, 0.29) is 12.0 Å². The van der Waals surface area contributed by atoms with E-state index in [1.165, 1.54) is 0 Å². The second kappa shape index (κ2) is 6.38. The van der Waals surface area contributed by atoms with Crippen LogP contribution in [0, 0.1) is 0 Å². The minimum atomic E-state index is -0.0340. The summed E-state index contributed by atoms with van der Waals surface area (Å²) in [6.07, 6.45) is 4.85. The molecule has 1 amide bonds. The third-order valence-corrected chi connectivity index (χ3v) is 2.82. The fourth-order valence-corrected chi connectivity index (χ4v) is 1.87. The number of hydrogen-bond acceptors (Lipinski definition) is 2. The first kappa shape index (κ1) is 13.6. The van der Waals surface area contributed by atoms with Crippen molar-refractivity contribution in [1.29, 1.82) is 0 Å². The van der Waals surface area contributed by atoms with Gasteiger partial charge in [0.2, 0.25) is 0 Å². The van der Waals surface area contributed by atoms with Crippen LogP contribution in [0.4, 0.5) is 0 Å².